The van der Waals surface area contributed by atoms with E-state index in [2.05, 4.69) is 9.71 Å². The summed E-state index contributed by atoms with van der Waals surface area (Å²) < 4.78 is 37.1. The molecule has 1 atom stereocenters. The summed E-state index contributed by atoms with van der Waals surface area (Å²) in [5.74, 6) is -1.24. The molecule has 3 N–H and O–H groups in total. The lowest BCUT2D eigenvalue weighted by molar-refractivity contribution is -0.138. The number of nitrogens with zero attached hydrogens (tertiary/aromatic N) is 1. The highest BCUT2D eigenvalue weighted by Crippen LogP contribution is 2.14. The van der Waals surface area contributed by atoms with Crippen molar-refractivity contribution in [1.29, 1.82) is 0 Å². The van der Waals surface area contributed by atoms with Gasteiger partial charge >= 0.3 is 11.9 Å². The zero-order valence-corrected chi connectivity index (χ0v) is 19.1. The van der Waals surface area contributed by atoms with E-state index in [9.17, 15) is 18.0 Å². The van der Waals surface area contributed by atoms with Gasteiger partial charge in [-0.2, -0.15) is 4.72 Å². The van der Waals surface area contributed by atoms with Gasteiger partial charge in [0.25, 0.3) is 0 Å². The van der Waals surface area contributed by atoms with Gasteiger partial charge in [0, 0.05) is 12.4 Å². The van der Waals surface area contributed by atoms with E-state index < -0.39 is 34.5 Å². The first kappa shape index (κ1) is 25.0. The molecule has 2 aromatic carbocycles. The minimum Gasteiger partial charge on any atom is -0.494 e. The lowest BCUT2D eigenvalue weighted by Gasteiger charge is -2.13. The average molecular weight is 484 g/mol. The lowest BCUT2D eigenvalue weighted by Crippen LogP contribution is -2.43. The molecular formula is C24H25N3O6S. The molecule has 0 aliphatic heterocycles. The summed E-state index contributed by atoms with van der Waals surface area (Å²) in [6.45, 7) is 0.501. The van der Waals surface area contributed by atoms with Crippen molar-refractivity contribution in [3.05, 3.63) is 90.3 Å². The van der Waals surface area contributed by atoms with Gasteiger partial charge in [-0.3, -0.25) is 9.78 Å². The van der Waals surface area contributed by atoms with E-state index in [1.165, 1.54) is 29.8 Å². The molecule has 1 heterocycles. The van der Waals surface area contributed by atoms with Crippen LogP contribution in [0.4, 0.5) is 0 Å². The Balaban J connectivity index is 1.42. The van der Waals surface area contributed by atoms with Crippen molar-refractivity contribution in [2.45, 2.75) is 30.3 Å². The Labute approximate surface area is 198 Å². The van der Waals surface area contributed by atoms with Gasteiger partial charge in [-0.1, -0.05) is 18.2 Å². The third-order valence-corrected chi connectivity index (χ3v) is 6.18. The van der Waals surface area contributed by atoms with Crippen LogP contribution in [0.15, 0.2) is 84.0 Å². The molecule has 0 aliphatic carbocycles. The zero-order chi connectivity index (χ0) is 24.4. The monoisotopic (exact) mass is 483 g/mol. The van der Waals surface area contributed by atoms with Crippen LogP contribution in [0, 0.1) is 0 Å². The van der Waals surface area contributed by atoms with Gasteiger partial charge in [-0.25, -0.2) is 13.2 Å². The standard InChI is InChI=1S/C24H25N3O6S/c25-22(27-34(30,31)21-6-2-1-3-7-21)17-23(28)33-24(29)19-8-10-20(11-9-19)32-16-4-5-18-12-14-26-15-13-18/h1-3,6-15,22,27H,4-5,16-17,25H2/t22-/m0/s1. The smallest absolute Gasteiger partial charge is 0.345 e. The number of carbonyl (C=O) groups is 2. The van der Waals surface area contributed by atoms with Crippen molar-refractivity contribution in [3.63, 3.8) is 0 Å². The highest BCUT2D eigenvalue weighted by molar-refractivity contribution is 7.89. The summed E-state index contributed by atoms with van der Waals surface area (Å²) in [4.78, 5) is 28.2. The molecule has 0 saturated carbocycles. The quantitative estimate of drug-likeness (QED) is 0.184. The van der Waals surface area contributed by atoms with Gasteiger partial charge in [-0.15, -0.1) is 0 Å². The van der Waals surface area contributed by atoms with E-state index in [0.717, 1.165) is 12.8 Å². The van der Waals surface area contributed by atoms with E-state index in [1.807, 2.05) is 12.1 Å². The summed E-state index contributed by atoms with van der Waals surface area (Å²) in [5.41, 5.74) is 7.03. The first-order valence-corrected chi connectivity index (χ1v) is 12.0. The molecule has 0 spiro atoms. The maximum absolute atomic E-state index is 12.2. The molecule has 0 unspecified atom stereocenters. The van der Waals surface area contributed by atoms with E-state index in [1.54, 1.807) is 42.7 Å². The number of aryl methyl sites for hydroxylation is 1. The van der Waals surface area contributed by atoms with Gasteiger partial charge in [-0.05, 0) is 66.9 Å². The molecule has 3 aromatic rings. The van der Waals surface area contributed by atoms with Crippen LogP contribution in [0.3, 0.4) is 0 Å². The van der Waals surface area contributed by atoms with Gasteiger partial charge < -0.3 is 15.2 Å². The van der Waals surface area contributed by atoms with Gasteiger partial charge in [0.15, 0.2) is 0 Å². The molecular weight excluding hydrogens is 458 g/mol. The van der Waals surface area contributed by atoms with E-state index >= 15 is 0 Å². The summed E-state index contributed by atoms with van der Waals surface area (Å²) in [7, 11) is -3.90. The molecule has 10 heteroatoms. The van der Waals surface area contributed by atoms with Crippen molar-refractivity contribution in [1.82, 2.24) is 9.71 Å². The maximum atomic E-state index is 12.2. The van der Waals surface area contributed by atoms with E-state index in [4.69, 9.17) is 15.2 Å². The van der Waals surface area contributed by atoms with Crippen LogP contribution < -0.4 is 15.2 Å². The number of hydrogen-bond donors (Lipinski definition) is 2. The van der Waals surface area contributed by atoms with E-state index in [0.29, 0.717) is 12.4 Å². The number of esters is 2. The van der Waals surface area contributed by atoms with Gasteiger partial charge in [0.1, 0.15) is 5.75 Å². The van der Waals surface area contributed by atoms with Crippen molar-refractivity contribution in [2.24, 2.45) is 5.73 Å². The number of rotatable bonds is 11. The first-order valence-electron chi connectivity index (χ1n) is 10.5. The van der Waals surface area contributed by atoms with Gasteiger partial charge in [0.2, 0.25) is 10.0 Å². The van der Waals surface area contributed by atoms with Crippen LogP contribution >= 0.6 is 0 Å². The second kappa shape index (κ2) is 12.0. The minimum atomic E-state index is -3.90. The Hall–Kier alpha value is -3.60. The Kier molecular flexibility index (Phi) is 8.86. The topological polar surface area (TPSA) is 138 Å². The second-order valence-corrected chi connectivity index (χ2v) is 9.05. The molecule has 3 rings (SSSR count). The molecule has 178 valence electrons. The summed E-state index contributed by atoms with van der Waals surface area (Å²) in [6, 6.07) is 17.6. The molecule has 0 amide bonds. The van der Waals surface area contributed by atoms with E-state index in [-0.39, 0.29) is 10.5 Å². The number of nitrogens with two attached hydrogens (primary N) is 1. The second-order valence-electron chi connectivity index (χ2n) is 7.34. The molecule has 0 saturated heterocycles. The Bertz CT molecular complexity index is 1190. The SMILES string of the molecule is N[C@H](CC(=O)OC(=O)c1ccc(OCCCc2ccncc2)cc1)NS(=O)(=O)c1ccccc1. The number of sulfonamides is 1. The van der Waals surface area contributed by atoms with Crippen molar-refractivity contribution in [3.8, 4) is 5.75 Å². The fraction of sp³-hybridized carbons (Fsp3) is 0.208. The van der Waals surface area contributed by atoms with Crippen LogP contribution in [0.1, 0.15) is 28.8 Å². The van der Waals surface area contributed by atoms with Crippen molar-refractivity contribution < 1.29 is 27.5 Å². The fourth-order valence-electron chi connectivity index (χ4n) is 3.00. The third kappa shape index (κ3) is 7.77. The Morgan fingerprint density at radius 3 is 2.32 bits per heavy atom. The number of benzene rings is 2. The number of ether oxygens (including phenoxy) is 2. The molecule has 0 fully saturated rings. The molecule has 0 radical (unpaired) electrons. The summed E-state index contributed by atoms with van der Waals surface area (Å²) in [5, 5.41) is 0. The minimum absolute atomic E-state index is 0.00886. The summed E-state index contributed by atoms with van der Waals surface area (Å²) in [6.07, 6.45) is 3.39. The number of pyridine rings is 1. The Morgan fingerprint density at radius 2 is 1.65 bits per heavy atom. The predicted octanol–water partition coefficient (Wildman–Crippen LogP) is 2.43. The van der Waals surface area contributed by atoms with Crippen LogP contribution in [0.5, 0.6) is 5.75 Å². The van der Waals surface area contributed by atoms with Crippen LogP contribution in [-0.2, 0) is 26.0 Å². The normalized spacial score (nSPS) is 12.0. The molecule has 0 aliphatic rings. The van der Waals surface area contributed by atoms with Crippen LogP contribution in [0.2, 0.25) is 0 Å². The predicted molar refractivity (Wildman–Crippen MR) is 124 cm³/mol. The fourth-order valence-corrected chi connectivity index (χ4v) is 4.13. The summed E-state index contributed by atoms with van der Waals surface area (Å²) >= 11 is 0. The molecule has 0 bridgehead atoms. The molecule has 34 heavy (non-hydrogen) atoms. The zero-order valence-electron chi connectivity index (χ0n) is 18.3. The highest BCUT2D eigenvalue weighted by Gasteiger charge is 2.21. The van der Waals surface area contributed by atoms with Crippen molar-refractivity contribution >= 4 is 22.0 Å². The lowest BCUT2D eigenvalue weighted by atomic mass is 10.1. The van der Waals surface area contributed by atoms with Gasteiger partial charge in [0.05, 0.1) is 29.7 Å². The largest absolute Gasteiger partial charge is 0.494 e. The molecule has 1 aromatic heterocycles. The number of hydrogen-bond acceptors (Lipinski definition) is 8. The van der Waals surface area contributed by atoms with Crippen molar-refractivity contribution in [2.75, 3.05) is 6.61 Å². The third-order valence-electron chi connectivity index (χ3n) is 4.67. The van der Waals surface area contributed by atoms with Crippen LogP contribution in [-0.4, -0.2) is 38.1 Å². The molecule has 9 nitrogen and oxygen atoms in total. The maximum Gasteiger partial charge on any atom is 0.345 e. The first-order chi connectivity index (χ1) is 16.3. The highest BCUT2D eigenvalue weighted by atomic mass is 32.2. The Morgan fingerprint density at radius 1 is 0.971 bits per heavy atom. The number of carbonyl (C=O) groups excluding carboxylic acids is 2. The number of nitrogens with one attached hydrogen (secondary N) is 1. The van der Waals surface area contributed by atoms with Crippen LogP contribution in [0.25, 0.3) is 0 Å². The average Bonchev–Trinajstić information content (AvgIpc) is 2.83. The number of aromatic nitrogens is 1.